The molecular weight excluding hydrogens is 446 g/mol. The quantitative estimate of drug-likeness (QED) is 0.516. The van der Waals surface area contributed by atoms with E-state index >= 15 is 0 Å². The van der Waals surface area contributed by atoms with Gasteiger partial charge in [0.05, 0.1) is 19.4 Å². The summed E-state index contributed by atoms with van der Waals surface area (Å²) in [6.07, 6.45) is 2.93. The van der Waals surface area contributed by atoms with Crippen LogP contribution in [0.5, 0.6) is 0 Å². The Kier molecular flexibility index (Phi) is 7.77. The third kappa shape index (κ3) is 6.45. The molecule has 1 fully saturated rings. The zero-order valence-electron chi connectivity index (χ0n) is 20.1. The molecular formula is C26H31N5O4. The van der Waals surface area contributed by atoms with Crippen LogP contribution in [0.25, 0.3) is 11.5 Å². The molecule has 1 saturated heterocycles. The Morgan fingerprint density at radius 3 is 2.63 bits per heavy atom. The third-order valence-corrected chi connectivity index (χ3v) is 6.24. The highest BCUT2D eigenvalue weighted by Crippen LogP contribution is 2.19. The Hall–Kier alpha value is -3.72. The van der Waals surface area contributed by atoms with Crippen LogP contribution in [0.2, 0.25) is 0 Å². The van der Waals surface area contributed by atoms with Crippen LogP contribution in [0, 0.1) is 19.8 Å². The lowest BCUT2D eigenvalue weighted by molar-refractivity contribution is -0.126. The van der Waals surface area contributed by atoms with Crippen molar-refractivity contribution < 1.29 is 14.0 Å². The van der Waals surface area contributed by atoms with Crippen molar-refractivity contribution in [2.24, 2.45) is 5.92 Å². The van der Waals surface area contributed by atoms with E-state index in [0.717, 1.165) is 16.8 Å². The minimum absolute atomic E-state index is 0.0281. The highest BCUT2D eigenvalue weighted by Gasteiger charge is 2.25. The fraction of sp³-hybridized carbons (Fsp3) is 0.385. The number of benzene rings is 1. The first-order valence-electron chi connectivity index (χ1n) is 11.9. The minimum atomic E-state index is -0.234. The van der Waals surface area contributed by atoms with Crippen molar-refractivity contribution in [1.29, 1.82) is 0 Å². The molecule has 0 saturated carbocycles. The maximum atomic E-state index is 12.6. The molecule has 2 aromatic heterocycles. The molecule has 0 aliphatic carbocycles. The van der Waals surface area contributed by atoms with Crippen LogP contribution in [0.1, 0.15) is 24.0 Å². The number of hydrogen-bond acceptors (Lipinski definition) is 6. The van der Waals surface area contributed by atoms with Crippen LogP contribution in [0.4, 0.5) is 5.69 Å². The number of furan rings is 1. The van der Waals surface area contributed by atoms with E-state index in [1.165, 1.54) is 10.7 Å². The molecule has 1 aliphatic rings. The highest BCUT2D eigenvalue weighted by atomic mass is 16.3. The maximum Gasteiger partial charge on any atom is 0.266 e. The summed E-state index contributed by atoms with van der Waals surface area (Å²) >= 11 is 0. The second kappa shape index (κ2) is 11.1. The molecule has 35 heavy (non-hydrogen) atoms. The van der Waals surface area contributed by atoms with Gasteiger partial charge in [0, 0.05) is 24.2 Å². The van der Waals surface area contributed by atoms with E-state index in [4.69, 9.17) is 4.42 Å². The van der Waals surface area contributed by atoms with Crippen molar-refractivity contribution in [3.8, 4) is 11.5 Å². The lowest BCUT2D eigenvalue weighted by Gasteiger charge is -2.30. The molecule has 2 amide bonds. The van der Waals surface area contributed by atoms with Gasteiger partial charge in [-0.3, -0.25) is 19.3 Å². The van der Waals surface area contributed by atoms with E-state index < -0.39 is 0 Å². The number of likely N-dealkylation sites (tertiary alicyclic amines) is 1. The molecule has 9 nitrogen and oxygen atoms in total. The lowest BCUT2D eigenvalue weighted by Crippen LogP contribution is -2.44. The van der Waals surface area contributed by atoms with Gasteiger partial charge < -0.3 is 15.1 Å². The van der Waals surface area contributed by atoms with Gasteiger partial charge in [-0.2, -0.15) is 5.10 Å². The van der Waals surface area contributed by atoms with E-state index in [-0.39, 0.29) is 29.8 Å². The predicted molar refractivity (Wildman–Crippen MR) is 133 cm³/mol. The van der Waals surface area contributed by atoms with Gasteiger partial charge in [-0.25, -0.2) is 4.68 Å². The first-order valence-corrected chi connectivity index (χ1v) is 11.9. The SMILES string of the molecule is Cc1ccc(NC(=O)CN2CCC(C(=O)NCCn3nc(-c4ccco4)ccc3=O)CC2)c(C)c1. The van der Waals surface area contributed by atoms with E-state index in [0.29, 0.717) is 50.5 Å². The molecule has 2 N–H and O–H groups in total. The first-order chi connectivity index (χ1) is 16.9. The van der Waals surface area contributed by atoms with Crippen LogP contribution in [0.3, 0.4) is 0 Å². The summed E-state index contributed by atoms with van der Waals surface area (Å²) < 4.78 is 6.66. The number of hydrogen-bond donors (Lipinski definition) is 2. The van der Waals surface area contributed by atoms with Gasteiger partial charge in [0.15, 0.2) is 5.76 Å². The molecule has 0 bridgehead atoms. The summed E-state index contributed by atoms with van der Waals surface area (Å²) in [4.78, 5) is 39.3. The maximum absolute atomic E-state index is 12.6. The van der Waals surface area contributed by atoms with Gasteiger partial charge >= 0.3 is 0 Å². The smallest absolute Gasteiger partial charge is 0.266 e. The number of aromatic nitrogens is 2. The average molecular weight is 478 g/mol. The summed E-state index contributed by atoms with van der Waals surface area (Å²) in [6, 6.07) is 12.5. The second-order valence-electron chi connectivity index (χ2n) is 8.97. The van der Waals surface area contributed by atoms with Crippen LogP contribution in [-0.4, -0.2) is 52.7 Å². The average Bonchev–Trinajstić information content (AvgIpc) is 3.37. The Bertz CT molecular complexity index is 1230. The van der Waals surface area contributed by atoms with Crippen LogP contribution >= 0.6 is 0 Å². The second-order valence-corrected chi connectivity index (χ2v) is 8.97. The van der Waals surface area contributed by atoms with Gasteiger partial charge in [0.25, 0.3) is 5.56 Å². The molecule has 0 atom stereocenters. The summed E-state index contributed by atoms with van der Waals surface area (Å²) in [5, 5.41) is 10.2. The molecule has 1 aliphatic heterocycles. The summed E-state index contributed by atoms with van der Waals surface area (Å²) in [6.45, 7) is 6.27. The zero-order chi connectivity index (χ0) is 24.8. The summed E-state index contributed by atoms with van der Waals surface area (Å²) in [5.41, 5.74) is 3.36. The van der Waals surface area contributed by atoms with E-state index in [9.17, 15) is 14.4 Å². The van der Waals surface area contributed by atoms with Crippen molar-refractivity contribution in [3.05, 3.63) is 70.2 Å². The van der Waals surface area contributed by atoms with Gasteiger partial charge in [-0.1, -0.05) is 17.7 Å². The van der Waals surface area contributed by atoms with Crippen LogP contribution < -0.4 is 16.2 Å². The fourth-order valence-corrected chi connectivity index (χ4v) is 4.29. The highest BCUT2D eigenvalue weighted by molar-refractivity contribution is 5.93. The standard InChI is InChI=1S/C26H31N5O4/c1-18-5-6-21(19(2)16-18)28-24(32)17-30-12-9-20(10-13-30)26(34)27-11-14-31-25(33)8-7-22(29-31)23-4-3-15-35-23/h3-8,15-16,20H,9-14,17H2,1-2H3,(H,27,34)(H,28,32). The Morgan fingerprint density at radius 2 is 1.91 bits per heavy atom. The number of rotatable bonds is 8. The normalized spacial score (nSPS) is 14.6. The number of carbonyl (C=O) groups excluding carboxylic acids is 2. The number of aryl methyl sites for hydroxylation is 2. The molecule has 0 unspecified atom stereocenters. The Balaban J connectivity index is 1.20. The number of piperidine rings is 1. The largest absolute Gasteiger partial charge is 0.463 e. The van der Waals surface area contributed by atoms with E-state index in [1.807, 2.05) is 32.0 Å². The van der Waals surface area contributed by atoms with E-state index in [2.05, 4.69) is 20.6 Å². The van der Waals surface area contributed by atoms with Crippen LogP contribution in [-0.2, 0) is 16.1 Å². The molecule has 184 valence electrons. The molecule has 0 spiro atoms. The van der Waals surface area contributed by atoms with Crippen molar-refractivity contribution in [2.75, 3.05) is 31.5 Å². The minimum Gasteiger partial charge on any atom is -0.463 e. The van der Waals surface area contributed by atoms with Gasteiger partial charge in [-0.15, -0.1) is 0 Å². The predicted octanol–water partition coefficient (Wildman–Crippen LogP) is 2.59. The van der Waals surface area contributed by atoms with Crippen molar-refractivity contribution >= 4 is 17.5 Å². The monoisotopic (exact) mass is 477 g/mol. The molecule has 9 heteroatoms. The topological polar surface area (TPSA) is 109 Å². The van der Waals surface area contributed by atoms with Gasteiger partial charge in [-0.05, 0) is 69.6 Å². The van der Waals surface area contributed by atoms with Crippen LogP contribution in [0.15, 0.2) is 57.9 Å². The number of anilines is 1. The molecule has 4 rings (SSSR count). The number of carbonyl (C=O) groups is 2. The number of nitrogens with zero attached hydrogens (tertiary/aromatic N) is 3. The molecule has 0 radical (unpaired) electrons. The summed E-state index contributed by atoms with van der Waals surface area (Å²) in [5.74, 6) is 0.402. The zero-order valence-corrected chi connectivity index (χ0v) is 20.1. The van der Waals surface area contributed by atoms with E-state index in [1.54, 1.807) is 24.5 Å². The van der Waals surface area contributed by atoms with Crippen molar-refractivity contribution in [3.63, 3.8) is 0 Å². The summed E-state index contributed by atoms with van der Waals surface area (Å²) in [7, 11) is 0. The first kappa shape index (κ1) is 24.4. The third-order valence-electron chi connectivity index (χ3n) is 6.24. The van der Waals surface area contributed by atoms with Gasteiger partial charge in [0.1, 0.15) is 5.69 Å². The molecule has 3 aromatic rings. The Morgan fingerprint density at radius 1 is 1.11 bits per heavy atom. The van der Waals surface area contributed by atoms with Crippen molar-refractivity contribution in [1.82, 2.24) is 20.0 Å². The number of nitrogens with one attached hydrogen (secondary N) is 2. The Labute approximate surface area is 204 Å². The molecule has 3 heterocycles. The lowest BCUT2D eigenvalue weighted by atomic mass is 9.96. The van der Waals surface area contributed by atoms with Gasteiger partial charge in [0.2, 0.25) is 11.8 Å². The number of amides is 2. The fourth-order valence-electron chi connectivity index (χ4n) is 4.29. The van der Waals surface area contributed by atoms with Crippen molar-refractivity contribution in [2.45, 2.75) is 33.2 Å². The molecule has 1 aromatic carbocycles.